The summed E-state index contributed by atoms with van der Waals surface area (Å²) in [6.45, 7) is 5.80. The summed E-state index contributed by atoms with van der Waals surface area (Å²) in [5.74, 6) is 0.723. The van der Waals surface area contributed by atoms with Crippen molar-refractivity contribution in [2.75, 3.05) is 0 Å². The third-order valence-electron chi connectivity index (χ3n) is 6.10. The first-order valence-electron chi connectivity index (χ1n) is 10.6. The van der Waals surface area contributed by atoms with Gasteiger partial charge in [-0.1, -0.05) is 42.5 Å². The molecule has 0 saturated heterocycles. The molecular weight excluding hydrogens is 362 g/mol. The molecule has 0 aliphatic heterocycles. The summed E-state index contributed by atoms with van der Waals surface area (Å²) >= 11 is 0. The molecule has 1 amide bonds. The van der Waals surface area contributed by atoms with Crippen molar-refractivity contribution in [3.63, 3.8) is 0 Å². The van der Waals surface area contributed by atoms with Crippen molar-refractivity contribution in [3.8, 4) is 0 Å². The molecule has 1 heterocycles. The predicted octanol–water partition coefficient (Wildman–Crippen LogP) is 4.04. The van der Waals surface area contributed by atoms with Crippen LogP contribution in [-0.2, 0) is 24.4 Å². The molecule has 1 fully saturated rings. The average Bonchev–Trinajstić information content (AvgIpc) is 3.55. The third-order valence-corrected chi connectivity index (χ3v) is 6.10. The predicted molar refractivity (Wildman–Crippen MR) is 116 cm³/mol. The van der Waals surface area contributed by atoms with Gasteiger partial charge in [-0.3, -0.25) is 13.9 Å². The molecule has 1 unspecified atom stereocenters. The smallest absolute Gasteiger partial charge is 0.329 e. The summed E-state index contributed by atoms with van der Waals surface area (Å²) in [7, 11) is 0. The Morgan fingerprint density at radius 3 is 2.28 bits per heavy atom. The van der Waals surface area contributed by atoms with Crippen LogP contribution in [-0.4, -0.2) is 26.0 Å². The first-order chi connectivity index (χ1) is 14.1. The van der Waals surface area contributed by atoms with Crippen molar-refractivity contribution < 1.29 is 4.79 Å². The van der Waals surface area contributed by atoms with Crippen molar-refractivity contribution in [2.45, 2.75) is 58.8 Å². The Balaban J connectivity index is 1.55. The maximum absolute atomic E-state index is 13.2. The number of hydrogen-bond donors (Lipinski definition) is 0. The van der Waals surface area contributed by atoms with Gasteiger partial charge in [-0.05, 0) is 50.3 Å². The first-order valence-corrected chi connectivity index (χ1v) is 10.6. The zero-order valence-electron chi connectivity index (χ0n) is 17.3. The topological polar surface area (TPSA) is 47.2 Å². The molecule has 0 N–H and O–H groups in total. The van der Waals surface area contributed by atoms with Crippen LogP contribution < -0.4 is 5.69 Å². The number of imidazole rings is 1. The van der Waals surface area contributed by atoms with E-state index >= 15 is 0 Å². The lowest BCUT2D eigenvalue weighted by Crippen LogP contribution is -2.40. The van der Waals surface area contributed by atoms with Gasteiger partial charge < -0.3 is 4.90 Å². The van der Waals surface area contributed by atoms with E-state index in [1.165, 1.54) is 12.8 Å². The average molecular weight is 392 g/mol. The summed E-state index contributed by atoms with van der Waals surface area (Å²) in [6.07, 6.45) is 2.73. The normalized spacial score (nSPS) is 14.8. The van der Waals surface area contributed by atoms with Crippen LogP contribution in [0.4, 0.5) is 0 Å². The highest BCUT2D eigenvalue weighted by atomic mass is 16.2. The highest BCUT2D eigenvalue weighted by molar-refractivity contribution is 5.78. The van der Waals surface area contributed by atoms with E-state index in [1.54, 1.807) is 9.13 Å². The second-order valence-corrected chi connectivity index (χ2v) is 8.00. The van der Waals surface area contributed by atoms with E-state index in [-0.39, 0.29) is 17.6 Å². The van der Waals surface area contributed by atoms with Crippen LogP contribution in [0.2, 0.25) is 0 Å². The number of carbonyl (C=O) groups excluding carboxylic acids is 1. The number of rotatable bonds is 8. The monoisotopic (exact) mass is 391 g/mol. The number of benzene rings is 2. The zero-order chi connectivity index (χ0) is 20.4. The Labute approximate surface area is 171 Å². The van der Waals surface area contributed by atoms with E-state index < -0.39 is 0 Å². The second-order valence-electron chi connectivity index (χ2n) is 8.00. The second kappa shape index (κ2) is 8.27. The van der Waals surface area contributed by atoms with Crippen LogP contribution in [0, 0.1) is 5.92 Å². The van der Waals surface area contributed by atoms with Gasteiger partial charge in [-0.2, -0.15) is 0 Å². The lowest BCUT2D eigenvalue weighted by atomic mass is 10.1. The number of hydrogen-bond acceptors (Lipinski definition) is 2. The molecule has 1 aliphatic carbocycles. The van der Waals surface area contributed by atoms with Gasteiger partial charge in [0.15, 0.2) is 0 Å². The number of fused-ring (bicyclic) bond motifs is 1. The molecular formula is C24H29N3O2. The van der Waals surface area contributed by atoms with Gasteiger partial charge in [0.1, 0.15) is 0 Å². The number of aryl methyl sites for hydroxylation is 2. The van der Waals surface area contributed by atoms with Gasteiger partial charge in [0.25, 0.3) is 0 Å². The third kappa shape index (κ3) is 4.00. The van der Waals surface area contributed by atoms with Crippen LogP contribution in [0.1, 0.15) is 38.7 Å². The lowest BCUT2D eigenvalue weighted by molar-refractivity contribution is -0.134. The van der Waals surface area contributed by atoms with Crippen molar-refractivity contribution in [3.05, 3.63) is 70.6 Å². The fourth-order valence-corrected chi connectivity index (χ4v) is 4.22. The highest BCUT2D eigenvalue weighted by Crippen LogP contribution is 2.36. The Morgan fingerprint density at radius 1 is 1.03 bits per heavy atom. The molecule has 152 valence electrons. The van der Waals surface area contributed by atoms with E-state index in [0.717, 1.165) is 16.6 Å². The number of para-hydroxylation sites is 2. The molecule has 2 aromatic carbocycles. The molecule has 5 nitrogen and oxygen atoms in total. The first kappa shape index (κ1) is 19.5. The summed E-state index contributed by atoms with van der Waals surface area (Å²) in [4.78, 5) is 28.1. The van der Waals surface area contributed by atoms with Gasteiger partial charge in [0, 0.05) is 32.1 Å². The molecule has 29 heavy (non-hydrogen) atoms. The van der Waals surface area contributed by atoms with Crippen LogP contribution in [0.3, 0.4) is 0 Å². The van der Waals surface area contributed by atoms with E-state index in [4.69, 9.17) is 0 Å². The molecule has 1 atom stereocenters. The maximum atomic E-state index is 13.2. The fraction of sp³-hybridized carbons (Fsp3) is 0.417. The van der Waals surface area contributed by atoms with Gasteiger partial charge in [-0.15, -0.1) is 0 Å². The minimum Gasteiger partial charge on any atom is -0.335 e. The minimum absolute atomic E-state index is 0.0358. The summed E-state index contributed by atoms with van der Waals surface area (Å²) in [5, 5.41) is 0. The largest absolute Gasteiger partial charge is 0.335 e. The molecule has 5 heteroatoms. The molecule has 0 spiro atoms. The Bertz CT molecular complexity index is 1050. The molecule has 0 bridgehead atoms. The van der Waals surface area contributed by atoms with E-state index in [0.29, 0.717) is 32.0 Å². The van der Waals surface area contributed by atoms with Gasteiger partial charge in [-0.25, -0.2) is 4.79 Å². The van der Waals surface area contributed by atoms with Crippen molar-refractivity contribution >= 4 is 16.9 Å². The SMILES string of the molecule is CCn1c(=O)n(CCC(=O)N(Cc2ccccc2)C(C)C2CC2)c2ccccc21. The van der Waals surface area contributed by atoms with Crippen molar-refractivity contribution in [1.29, 1.82) is 0 Å². The Kier molecular flexibility index (Phi) is 5.56. The number of nitrogens with zero attached hydrogens (tertiary/aromatic N) is 3. The summed E-state index contributed by atoms with van der Waals surface area (Å²) < 4.78 is 3.52. The van der Waals surface area contributed by atoms with Crippen LogP contribution in [0.5, 0.6) is 0 Å². The van der Waals surface area contributed by atoms with Gasteiger partial charge in [0.05, 0.1) is 11.0 Å². The maximum Gasteiger partial charge on any atom is 0.329 e. The summed E-state index contributed by atoms with van der Waals surface area (Å²) in [5.41, 5.74) is 2.94. The lowest BCUT2D eigenvalue weighted by Gasteiger charge is -2.30. The van der Waals surface area contributed by atoms with Crippen LogP contribution in [0.25, 0.3) is 11.0 Å². The van der Waals surface area contributed by atoms with Crippen molar-refractivity contribution in [2.24, 2.45) is 5.92 Å². The van der Waals surface area contributed by atoms with Crippen molar-refractivity contribution in [1.82, 2.24) is 14.0 Å². The highest BCUT2D eigenvalue weighted by Gasteiger charge is 2.34. The number of carbonyl (C=O) groups is 1. The molecule has 3 aromatic rings. The molecule has 4 rings (SSSR count). The minimum atomic E-state index is -0.0358. The number of amides is 1. The molecule has 1 aliphatic rings. The van der Waals surface area contributed by atoms with Crippen LogP contribution >= 0.6 is 0 Å². The van der Waals surface area contributed by atoms with Crippen LogP contribution in [0.15, 0.2) is 59.4 Å². The summed E-state index contributed by atoms with van der Waals surface area (Å²) in [6, 6.07) is 18.2. The quantitative estimate of drug-likeness (QED) is 0.582. The zero-order valence-corrected chi connectivity index (χ0v) is 17.3. The van der Waals surface area contributed by atoms with Gasteiger partial charge in [0.2, 0.25) is 5.91 Å². The number of aromatic nitrogens is 2. The van der Waals surface area contributed by atoms with E-state index in [1.807, 2.05) is 54.3 Å². The van der Waals surface area contributed by atoms with E-state index in [2.05, 4.69) is 19.1 Å². The fourth-order valence-electron chi connectivity index (χ4n) is 4.22. The molecule has 0 radical (unpaired) electrons. The Morgan fingerprint density at radius 2 is 1.66 bits per heavy atom. The van der Waals surface area contributed by atoms with Gasteiger partial charge >= 0.3 is 5.69 Å². The molecule has 1 saturated carbocycles. The standard InChI is InChI=1S/C24H29N3O2/c1-3-25-21-11-7-8-12-22(21)26(24(25)29)16-15-23(28)27(18(2)20-13-14-20)17-19-9-5-4-6-10-19/h4-12,18,20H,3,13-17H2,1-2H3. The molecule has 1 aromatic heterocycles. The van der Waals surface area contributed by atoms with E-state index in [9.17, 15) is 9.59 Å². The Hall–Kier alpha value is -2.82.